The summed E-state index contributed by atoms with van der Waals surface area (Å²) in [6, 6.07) is 11.0. The van der Waals surface area contributed by atoms with E-state index in [1.165, 1.54) is 11.3 Å². The SMILES string of the molecule is CCCNC(Cc1ccc(Br)cc1)c1ccnn1CCC. The van der Waals surface area contributed by atoms with E-state index >= 15 is 0 Å². The first-order valence-electron chi connectivity index (χ1n) is 7.74. The number of aromatic nitrogens is 2. The minimum absolute atomic E-state index is 0.320. The highest BCUT2D eigenvalue weighted by Crippen LogP contribution is 2.20. The Kier molecular flexibility index (Phi) is 6.46. The van der Waals surface area contributed by atoms with Crippen LogP contribution in [0.2, 0.25) is 0 Å². The summed E-state index contributed by atoms with van der Waals surface area (Å²) in [7, 11) is 0. The molecular formula is C17H24BrN3. The van der Waals surface area contributed by atoms with E-state index < -0.39 is 0 Å². The summed E-state index contributed by atoms with van der Waals surface area (Å²) in [5, 5.41) is 8.12. The molecule has 0 bridgehead atoms. The maximum atomic E-state index is 4.46. The molecule has 114 valence electrons. The number of rotatable bonds is 8. The Morgan fingerprint density at radius 1 is 1.14 bits per heavy atom. The number of nitrogens with zero attached hydrogens (tertiary/aromatic N) is 2. The maximum absolute atomic E-state index is 4.46. The maximum Gasteiger partial charge on any atom is 0.0556 e. The van der Waals surface area contributed by atoms with Gasteiger partial charge in [-0.1, -0.05) is 41.9 Å². The quantitative estimate of drug-likeness (QED) is 0.768. The minimum Gasteiger partial charge on any atom is -0.308 e. The van der Waals surface area contributed by atoms with Gasteiger partial charge in [0.05, 0.1) is 11.7 Å². The molecule has 0 radical (unpaired) electrons. The minimum atomic E-state index is 0.320. The Bertz CT molecular complexity index is 533. The third kappa shape index (κ3) is 4.68. The fraction of sp³-hybridized carbons (Fsp3) is 0.471. The zero-order valence-electron chi connectivity index (χ0n) is 12.8. The van der Waals surface area contributed by atoms with Crippen molar-refractivity contribution in [1.82, 2.24) is 15.1 Å². The van der Waals surface area contributed by atoms with Crippen molar-refractivity contribution in [2.24, 2.45) is 0 Å². The van der Waals surface area contributed by atoms with Gasteiger partial charge >= 0.3 is 0 Å². The predicted octanol–water partition coefficient (Wildman–Crippen LogP) is 4.34. The normalized spacial score (nSPS) is 12.5. The average molecular weight is 350 g/mol. The van der Waals surface area contributed by atoms with Crippen LogP contribution in [0.3, 0.4) is 0 Å². The van der Waals surface area contributed by atoms with Gasteiger partial charge in [-0.2, -0.15) is 5.10 Å². The fourth-order valence-electron chi connectivity index (χ4n) is 2.49. The molecule has 1 aromatic heterocycles. The van der Waals surface area contributed by atoms with E-state index in [1.807, 2.05) is 6.20 Å². The number of hydrogen-bond acceptors (Lipinski definition) is 2. The Balaban J connectivity index is 2.16. The topological polar surface area (TPSA) is 29.9 Å². The zero-order chi connectivity index (χ0) is 15.1. The highest BCUT2D eigenvalue weighted by molar-refractivity contribution is 9.10. The molecule has 2 rings (SSSR count). The van der Waals surface area contributed by atoms with Gasteiger partial charge < -0.3 is 5.32 Å². The molecule has 3 nitrogen and oxygen atoms in total. The molecule has 0 aliphatic rings. The van der Waals surface area contributed by atoms with Gasteiger partial charge in [-0.05, 0) is 49.6 Å². The standard InChI is InChI=1S/C17H24BrN3/c1-3-10-19-16(13-14-5-7-15(18)8-6-14)17-9-11-20-21(17)12-4-2/h5-9,11,16,19H,3-4,10,12-13H2,1-2H3. The lowest BCUT2D eigenvalue weighted by Gasteiger charge is -2.20. The Labute approximate surface area is 135 Å². The van der Waals surface area contributed by atoms with Crippen molar-refractivity contribution in [3.8, 4) is 0 Å². The molecule has 0 aliphatic carbocycles. The molecule has 1 aromatic carbocycles. The lowest BCUT2D eigenvalue weighted by Crippen LogP contribution is -2.26. The molecule has 4 heteroatoms. The summed E-state index contributed by atoms with van der Waals surface area (Å²) < 4.78 is 3.26. The van der Waals surface area contributed by atoms with Crippen LogP contribution in [0, 0.1) is 0 Å². The first kappa shape index (κ1) is 16.2. The first-order valence-corrected chi connectivity index (χ1v) is 8.53. The molecule has 1 unspecified atom stereocenters. The molecule has 0 amide bonds. The van der Waals surface area contributed by atoms with Crippen LogP contribution in [0.25, 0.3) is 0 Å². The lowest BCUT2D eigenvalue weighted by molar-refractivity contribution is 0.468. The van der Waals surface area contributed by atoms with Gasteiger partial charge in [0.1, 0.15) is 0 Å². The number of halogens is 1. The number of benzene rings is 1. The lowest BCUT2D eigenvalue weighted by atomic mass is 10.0. The Morgan fingerprint density at radius 3 is 2.57 bits per heavy atom. The van der Waals surface area contributed by atoms with Crippen molar-refractivity contribution in [2.75, 3.05) is 6.54 Å². The summed E-state index contributed by atoms with van der Waals surface area (Å²) in [5.41, 5.74) is 2.63. The Morgan fingerprint density at radius 2 is 1.90 bits per heavy atom. The van der Waals surface area contributed by atoms with Crippen molar-refractivity contribution in [3.05, 3.63) is 52.3 Å². The number of nitrogens with one attached hydrogen (secondary N) is 1. The average Bonchev–Trinajstić information content (AvgIpc) is 2.94. The molecule has 0 saturated heterocycles. The summed E-state index contributed by atoms with van der Waals surface area (Å²) in [6.45, 7) is 6.40. The summed E-state index contributed by atoms with van der Waals surface area (Å²) in [6.07, 6.45) is 5.14. The molecule has 1 N–H and O–H groups in total. The molecule has 1 heterocycles. The highest BCUT2D eigenvalue weighted by Gasteiger charge is 2.16. The molecule has 0 spiro atoms. The van der Waals surface area contributed by atoms with Gasteiger partial charge in [-0.3, -0.25) is 4.68 Å². The predicted molar refractivity (Wildman–Crippen MR) is 91.4 cm³/mol. The van der Waals surface area contributed by atoms with E-state index in [2.05, 4.69) is 75.2 Å². The van der Waals surface area contributed by atoms with Gasteiger partial charge in [-0.25, -0.2) is 0 Å². The van der Waals surface area contributed by atoms with E-state index in [0.29, 0.717) is 6.04 Å². The van der Waals surface area contributed by atoms with Crippen LogP contribution in [0.5, 0.6) is 0 Å². The smallest absolute Gasteiger partial charge is 0.0556 e. The van der Waals surface area contributed by atoms with Crippen LogP contribution < -0.4 is 5.32 Å². The van der Waals surface area contributed by atoms with Crippen LogP contribution in [-0.2, 0) is 13.0 Å². The van der Waals surface area contributed by atoms with Crippen LogP contribution in [0.4, 0.5) is 0 Å². The van der Waals surface area contributed by atoms with Crippen molar-refractivity contribution in [2.45, 2.75) is 45.7 Å². The van der Waals surface area contributed by atoms with Crippen molar-refractivity contribution in [3.63, 3.8) is 0 Å². The van der Waals surface area contributed by atoms with E-state index in [4.69, 9.17) is 0 Å². The van der Waals surface area contributed by atoms with Gasteiger partial charge in [0.25, 0.3) is 0 Å². The van der Waals surface area contributed by atoms with Crippen LogP contribution in [-0.4, -0.2) is 16.3 Å². The van der Waals surface area contributed by atoms with E-state index in [1.54, 1.807) is 0 Å². The van der Waals surface area contributed by atoms with E-state index in [9.17, 15) is 0 Å². The van der Waals surface area contributed by atoms with Crippen LogP contribution in [0.1, 0.15) is 44.0 Å². The molecule has 2 aromatic rings. The monoisotopic (exact) mass is 349 g/mol. The van der Waals surface area contributed by atoms with Gasteiger partial charge in [0.15, 0.2) is 0 Å². The van der Waals surface area contributed by atoms with Crippen molar-refractivity contribution < 1.29 is 0 Å². The highest BCUT2D eigenvalue weighted by atomic mass is 79.9. The second-order valence-corrected chi connectivity index (χ2v) is 6.23. The molecular weight excluding hydrogens is 326 g/mol. The van der Waals surface area contributed by atoms with Gasteiger partial charge in [0, 0.05) is 17.2 Å². The summed E-state index contributed by atoms with van der Waals surface area (Å²) >= 11 is 3.49. The van der Waals surface area contributed by atoms with E-state index in [0.717, 1.165) is 36.8 Å². The zero-order valence-corrected chi connectivity index (χ0v) is 14.4. The summed E-state index contributed by atoms with van der Waals surface area (Å²) in [5.74, 6) is 0. The molecule has 0 aliphatic heterocycles. The largest absolute Gasteiger partial charge is 0.308 e. The third-order valence-electron chi connectivity index (χ3n) is 3.54. The number of hydrogen-bond donors (Lipinski definition) is 1. The van der Waals surface area contributed by atoms with Gasteiger partial charge in [-0.15, -0.1) is 0 Å². The summed E-state index contributed by atoms with van der Waals surface area (Å²) in [4.78, 5) is 0. The fourth-order valence-corrected chi connectivity index (χ4v) is 2.76. The molecule has 0 fully saturated rings. The number of aryl methyl sites for hydroxylation is 1. The van der Waals surface area contributed by atoms with Crippen molar-refractivity contribution >= 4 is 15.9 Å². The molecule has 0 saturated carbocycles. The first-order chi connectivity index (χ1) is 10.2. The third-order valence-corrected chi connectivity index (χ3v) is 4.06. The van der Waals surface area contributed by atoms with Gasteiger partial charge in [0.2, 0.25) is 0 Å². The van der Waals surface area contributed by atoms with Crippen LogP contribution >= 0.6 is 15.9 Å². The second-order valence-electron chi connectivity index (χ2n) is 5.32. The molecule has 1 atom stereocenters. The van der Waals surface area contributed by atoms with Crippen molar-refractivity contribution in [1.29, 1.82) is 0 Å². The Hall–Kier alpha value is -1.13. The second kappa shape index (κ2) is 8.35. The van der Waals surface area contributed by atoms with E-state index in [-0.39, 0.29) is 0 Å². The van der Waals surface area contributed by atoms with Crippen LogP contribution in [0.15, 0.2) is 41.0 Å². The molecule has 21 heavy (non-hydrogen) atoms.